The molecule has 0 aliphatic carbocycles. The number of nitrogens with zero attached hydrogens (tertiary/aromatic N) is 1. The molecule has 0 spiro atoms. The monoisotopic (exact) mass is 524 g/mol. The standard InChI is InChI=1S/C22H28N4O3.HI/c1-14-6-5-7-17-16(13-25-20(14)17)8-9-24-22(23-2)26-12-15-10-18(28-3)21(27)19(11-15)29-4;/h5-7,10-11,13,25,27H,8-9,12H2,1-4H3,(H2,23,24,26);1H. The van der Waals surface area contributed by atoms with Gasteiger partial charge in [-0.25, -0.2) is 0 Å². The van der Waals surface area contributed by atoms with Crippen LogP contribution < -0.4 is 20.1 Å². The van der Waals surface area contributed by atoms with Gasteiger partial charge in [-0.05, 0) is 42.2 Å². The highest BCUT2D eigenvalue weighted by molar-refractivity contribution is 14.0. The van der Waals surface area contributed by atoms with Crippen molar-refractivity contribution in [1.82, 2.24) is 15.6 Å². The average Bonchev–Trinajstić information content (AvgIpc) is 3.15. The molecular formula is C22H29IN4O3. The van der Waals surface area contributed by atoms with Crippen molar-refractivity contribution >= 4 is 40.8 Å². The number of nitrogens with one attached hydrogen (secondary N) is 3. The summed E-state index contributed by atoms with van der Waals surface area (Å²) in [6.45, 7) is 3.38. The number of aromatic hydroxyl groups is 1. The van der Waals surface area contributed by atoms with Gasteiger partial charge in [0.1, 0.15) is 0 Å². The Morgan fingerprint density at radius 1 is 1.13 bits per heavy atom. The molecule has 7 nitrogen and oxygen atoms in total. The van der Waals surface area contributed by atoms with Crippen molar-refractivity contribution in [3.05, 3.63) is 53.2 Å². The second-order valence-electron chi connectivity index (χ2n) is 6.76. The van der Waals surface area contributed by atoms with E-state index in [1.807, 2.05) is 0 Å². The number of para-hydroxylation sites is 1. The number of phenols is 1. The normalized spacial score (nSPS) is 11.1. The Kier molecular flexibility index (Phi) is 8.64. The first kappa shape index (κ1) is 23.7. The van der Waals surface area contributed by atoms with Gasteiger partial charge in [0.25, 0.3) is 0 Å². The van der Waals surface area contributed by atoms with E-state index in [1.54, 1.807) is 19.2 Å². The van der Waals surface area contributed by atoms with Gasteiger partial charge in [-0.1, -0.05) is 18.2 Å². The average molecular weight is 524 g/mol. The lowest BCUT2D eigenvalue weighted by atomic mass is 10.1. The van der Waals surface area contributed by atoms with Crippen LogP contribution in [0.15, 0.2) is 41.5 Å². The molecule has 0 saturated carbocycles. The van der Waals surface area contributed by atoms with Crippen LogP contribution in [0, 0.1) is 6.92 Å². The molecule has 3 rings (SSSR count). The molecule has 0 saturated heterocycles. The van der Waals surface area contributed by atoms with E-state index in [1.165, 1.54) is 36.2 Å². The zero-order chi connectivity index (χ0) is 20.8. The first-order valence-electron chi connectivity index (χ1n) is 9.51. The maximum Gasteiger partial charge on any atom is 0.200 e. The predicted octanol–water partition coefficient (Wildman–Crippen LogP) is 3.72. The van der Waals surface area contributed by atoms with Gasteiger partial charge in [0.05, 0.1) is 14.2 Å². The number of aromatic amines is 1. The number of rotatable bonds is 7. The van der Waals surface area contributed by atoms with Crippen LogP contribution in [0.1, 0.15) is 16.7 Å². The predicted molar refractivity (Wildman–Crippen MR) is 132 cm³/mol. The summed E-state index contributed by atoms with van der Waals surface area (Å²) in [7, 11) is 4.76. The van der Waals surface area contributed by atoms with E-state index in [0.29, 0.717) is 24.0 Å². The minimum absolute atomic E-state index is 0. The molecule has 0 fully saturated rings. The summed E-state index contributed by atoms with van der Waals surface area (Å²) in [6.07, 6.45) is 2.95. The fraction of sp³-hybridized carbons (Fsp3) is 0.318. The van der Waals surface area contributed by atoms with E-state index in [2.05, 4.69) is 51.9 Å². The number of phenolic OH excluding ortho intramolecular Hbond substituents is 1. The molecule has 0 aliphatic heterocycles. The van der Waals surface area contributed by atoms with Crippen molar-refractivity contribution in [3.8, 4) is 17.2 Å². The first-order valence-corrected chi connectivity index (χ1v) is 9.51. The number of hydrogen-bond acceptors (Lipinski definition) is 4. The summed E-state index contributed by atoms with van der Waals surface area (Å²) < 4.78 is 10.4. The SMILES string of the molecule is CN=C(NCCc1c[nH]c2c(C)cccc12)NCc1cc(OC)c(O)c(OC)c1.I. The lowest BCUT2D eigenvalue weighted by molar-refractivity contribution is 0.339. The number of benzene rings is 2. The number of methoxy groups -OCH3 is 2. The Labute approximate surface area is 193 Å². The highest BCUT2D eigenvalue weighted by Gasteiger charge is 2.11. The van der Waals surface area contributed by atoms with Crippen LogP contribution in [0.25, 0.3) is 10.9 Å². The second-order valence-corrected chi connectivity index (χ2v) is 6.76. The number of aryl methyl sites for hydroxylation is 1. The summed E-state index contributed by atoms with van der Waals surface area (Å²) in [5.74, 6) is 1.44. The van der Waals surface area contributed by atoms with Crippen molar-refractivity contribution in [2.45, 2.75) is 19.9 Å². The van der Waals surface area contributed by atoms with Crippen LogP contribution in [-0.2, 0) is 13.0 Å². The minimum Gasteiger partial charge on any atom is -0.502 e. The van der Waals surface area contributed by atoms with Gasteiger partial charge in [-0.2, -0.15) is 0 Å². The fourth-order valence-electron chi connectivity index (χ4n) is 3.34. The molecule has 0 aliphatic rings. The van der Waals surface area contributed by atoms with Crippen molar-refractivity contribution in [3.63, 3.8) is 0 Å². The third kappa shape index (κ3) is 5.29. The fourth-order valence-corrected chi connectivity index (χ4v) is 3.34. The number of aromatic nitrogens is 1. The first-order chi connectivity index (χ1) is 14.1. The highest BCUT2D eigenvalue weighted by atomic mass is 127. The summed E-state index contributed by atoms with van der Waals surface area (Å²) >= 11 is 0. The molecule has 8 heteroatoms. The number of aliphatic imine (C=N–C) groups is 1. The Morgan fingerprint density at radius 3 is 2.47 bits per heavy atom. The zero-order valence-corrected chi connectivity index (χ0v) is 20.0. The molecule has 1 aromatic heterocycles. The molecule has 0 radical (unpaired) electrons. The van der Waals surface area contributed by atoms with Crippen molar-refractivity contribution in [2.24, 2.45) is 4.99 Å². The Bertz CT molecular complexity index is 992. The molecule has 4 N–H and O–H groups in total. The van der Waals surface area contributed by atoms with Gasteiger partial charge in [-0.15, -0.1) is 24.0 Å². The van der Waals surface area contributed by atoms with Gasteiger partial charge >= 0.3 is 0 Å². The maximum absolute atomic E-state index is 10.0. The van der Waals surface area contributed by atoms with Gasteiger partial charge in [0.2, 0.25) is 5.75 Å². The summed E-state index contributed by atoms with van der Waals surface area (Å²) in [6, 6.07) is 9.88. The number of ether oxygens (including phenoxy) is 2. The molecule has 0 bridgehead atoms. The van der Waals surface area contributed by atoms with E-state index >= 15 is 0 Å². The van der Waals surface area contributed by atoms with E-state index < -0.39 is 0 Å². The number of hydrogen-bond donors (Lipinski definition) is 4. The molecule has 0 unspecified atom stereocenters. The van der Waals surface area contributed by atoms with Crippen LogP contribution in [0.5, 0.6) is 17.2 Å². The van der Waals surface area contributed by atoms with Gasteiger partial charge in [-0.3, -0.25) is 4.99 Å². The highest BCUT2D eigenvalue weighted by Crippen LogP contribution is 2.37. The topological polar surface area (TPSA) is 90.9 Å². The molecule has 0 amide bonds. The van der Waals surface area contributed by atoms with Crippen LogP contribution in [0.3, 0.4) is 0 Å². The van der Waals surface area contributed by atoms with Gasteiger partial charge in [0, 0.05) is 37.2 Å². The third-order valence-corrected chi connectivity index (χ3v) is 4.92. The number of halogens is 1. The van der Waals surface area contributed by atoms with Gasteiger partial charge < -0.3 is 30.2 Å². The summed E-state index contributed by atoms with van der Waals surface area (Å²) in [5, 5.41) is 17.9. The van der Waals surface area contributed by atoms with Crippen LogP contribution in [0.4, 0.5) is 0 Å². The largest absolute Gasteiger partial charge is 0.502 e. The number of guanidine groups is 1. The van der Waals surface area contributed by atoms with Crippen LogP contribution in [0.2, 0.25) is 0 Å². The van der Waals surface area contributed by atoms with Crippen molar-refractivity contribution in [2.75, 3.05) is 27.8 Å². The Balaban J connectivity index is 0.00000320. The van der Waals surface area contributed by atoms with Crippen LogP contribution in [-0.4, -0.2) is 43.9 Å². The molecule has 162 valence electrons. The maximum atomic E-state index is 10.0. The molecule has 2 aromatic carbocycles. The minimum atomic E-state index is -0.00442. The number of H-pyrrole nitrogens is 1. The lowest BCUT2D eigenvalue weighted by Gasteiger charge is -2.14. The molecule has 1 heterocycles. The van der Waals surface area contributed by atoms with E-state index in [9.17, 15) is 5.11 Å². The van der Waals surface area contributed by atoms with E-state index in [4.69, 9.17) is 9.47 Å². The van der Waals surface area contributed by atoms with Crippen molar-refractivity contribution < 1.29 is 14.6 Å². The Morgan fingerprint density at radius 2 is 1.83 bits per heavy atom. The zero-order valence-electron chi connectivity index (χ0n) is 17.7. The number of fused-ring (bicyclic) bond motifs is 1. The summed E-state index contributed by atoms with van der Waals surface area (Å²) in [4.78, 5) is 7.64. The Hall–Kier alpha value is -2.62. The van der Waals surface area contributed by atoms with E-state index in [0.717, 1.165) is 18.5 Å². The quantitative estimate of drug-likeness (QED) is 0.215. The van der Waals surface area contributed by atoms with Crippen molar-refractivity contribution in [1.29, 1.82) is 0 Å². The van der Waals surface area contributed by atoms with Crippen LogP contribution >= 0.6 is 24.0 Å². The molecule has 0 atom stereocenters. The second kappa shape index (κ2) is 11.0. The third-order valence-electron chi connectivity index (χ3n) is 4.92. The lowest BCUT2D eigenvalue weighted by Crippen LogP contribution is -2.37. The summed E-state index contributed by atoms with van der Waals surface area (Å²) in [5.41, 5.74) is 4.63. The van der Waals surface area contributed by atoms with E-state index in [-0.39, 0.29) is 29.7 Å². The molecule has 30 heavy (non-hydrogen) atoms. The molecule has 3 aromatic rings. The molecular weight excluding hydrogens is 495 g/mol. The smallest absolute Gasteiger partial charge is 0.200 e. The van der Waals surface area contributed by atoms with Gasteiger partial charge in [0.15, 0.2) is 17.5 Å².